The average molecular weight is 264 g/mol. The van der Waals surface area contributed by atoms with Gasteiger partial charge in [-0.2, -0.15) is 0 Å². The number of rotatable bonds is 4. The third-order valence-corrected chi connectivity index (χ3v) is 3.77. The van der Waals surface area contributed by atoms with Crippen molar-refractivity contribution in [2.45, 2.75) is 19.3 Å². The fourth-order valence-corrected chi connectivity index (χ4v) is 2.68. The van der Waals surface area contributed by atoms with Gasteiger partial charge in [-0.15, -0.1) is 0 Å². The Morgan fingerprint density at radius 1 is 1.32 bits per heavy atom. The number of nitrogens with zero attached hydrogens (tertiary/aromatic N) is 2. The van der Waals surface area contributed by atoms with Gasteiger partial charge in [-0.1, -0.05) is 0 Å². The number of hydrogen-bond donors (Lipinski definition) is 2. The molecule has 2 aliphatic rings. The first-order valence-electron chi connectivity index (χ1n) is 6.99. The summed E-state index contributed by atoms with van der Waals surface area (Å²) in [6.45, 7) is 5.33. The fourth-order valence-electron chi connectivity index (χ4n) is 2.68. The van der Waals surface area contributed by atoms with E-state index in [0.29, 0.717) is 5.95 Å². The molecule has 0 bridgehead atoms. The molecule has 0 radical (unpaired) electrons. The average Bonchev–Trinajstić information content (AvgIpc) is 2.89. The molecule has 0 unspecified atom stereocenters. The number of H-pyrrole nitrogens is 1. The van der Waals surface area contributed by atoms with Gasteiger partial charge in [-0.3, -0.25) is 14.7 Å². The number of nitrogens with one attached hydrogen (secondary N) is 2. The van der Waals surface area contributed by atoms with E-state index in [1.54, 1.807) is 0 Å². The van der Waals surface area contributed by atoms with Gasteiger partial charge < -0.3 is 10.1 Å². The molecule has 2 N–H and O–H groups in total. The second-order valence-electron chi connectivity index (χ2n) is 5.07. The Morgan fingerprint density at radius 3 is 3.00 bits per heavy atom. The monoisotopic (exact) mass is 264 g/mol. The molecule has 1 saturated heterocycles. The van der Waals surface area contributed by atoms with Crippen LogP contribution < -0.4 is 10.9 Å². The molecule has 1 fully saturated rings. The Morgan fingerprint density at radius 2 is 2.16 bits per heavy atom. The molecule has 1 aliphatic heterocycles. The summed E-state index contributed by atoms with van der Waals surface area (Å²) >= 11 is 0. The number of anilines is 1. The molecule has 0 saturated carbocycles. The van der Waals surface area contributed by atoms with Gasteiger partial charge in [-0.05, 0) is 19.3 Å². The lowest BCUT2D eigenvalue weighted by Crippen LogP contribution is -2.39. The van der Waals surface area contributed by atoms with Crippen molar-refractivity contribution >= 4 is 5.95 Å². The molecule has 1 aromatic heterocycles. The number of aryl methyl sites for hydroxylation is 1. The van der Waals surface area contributed by atoms with Gasteiger partial charge in [0.1, 0.15) is 0 Å². The molecule has 0 amide bonds. The lowest BCUT2D eigenvalue weighted by molar-refractivity contribution is 0.0398. The first-order valence-corrected chi connectivity index (χ1v) is 6.99. The van der Waals surface area contributed by atoms with E-state index in [9.17, 15) is 4.79 Å². The third kappa shape index (κ3) is 2.96. The first kappa shape index (κ1) is 12.6. The van der Waals surface area contributed by atoms with E-state index in [0.717, 1.165) is 69.9 Å². The smallest absolute Gasteiger partial charge is 0.255 e. The molecule has 0 atom stereocenters. The summed E-state index contributed by atoms with van der Waals surface area (Å²) < 4.78 is 5.31. The largest absolute Gasteiger partial charge is 0.379 e. The van der Waals surface area contributed by atoms with Crippen LogP contribution in [0.5, 0.6) is 0 Å². The number of hydrogen-bond acceptors (Lipinski definition) is 5. The number of morpholine rings is 1. The number of aromatic amines is 1. The molecule has 6 heteroatoms. The highest BCUT2D eigenvalue weighted by Gasteiger charge is 2.17. The molecule has 1 aromatic rings. The number of fused-ring (bicyclic) bond motifs is 1. The lowest BCUT2D eigenvalue weighted by Gasteiger charge is -2.26. The summed E-state index contributed by atoms with van der Waals surface area (Å²) in [6, 6.07) is 0. The Balaban J connectivity index is 1.55. The van der Waals surface area contributed by atoms with Crippen molar-refractivity contribution in [1.82, 2.24) is 14.9 Å². The van der Waals surface area contributed by atoms with Gasteiger partial charge >= 0.3 is 0 Å². The van der Waals surface area contributed by atoms with Gasteiger partial charge in [0.2, 0.25) is 5.95 Å². The topological polar surface area (TPSA) is 70.2 Å². The van der Waals surface area contributed by atoms with E-state index < -0.39 is 0 Å². The Labute approximate surface area is 112 Å². The zero-order valence-corrected chi connectivity index (χ0v) is 11.1. The van der Waals surface area contributed by atoms with Crippen LogP contribution in [0.2, 0.25) is 0 Å². The normalized spacial score (nSPS) is 19.4. The Hall–Kier alpha value is -1.40. The maximum atomic E-state index is 11.8. The first-order chi connectivity index (χ1) is 9.33. The molecular weight excluding hydrogens is 244 g/mol. The van der Waals surface area contributed by atoms with Gasteiger partial charge in [-0.25, -0.2) is 4.98 Å². The van der Waals surface area contributed by atoms with Crippen LogP contribution in [0.1, 0.15) is 17.7 Å². The molecular formula is C13H20N4O2. The van der Waals surface area contributed by atoms with Crippen molar-refractivity contribution in [3.8, 4) is 0 Å². The number of ether oxygens (including phenoxy) is 1. The molecule has 19 heavy (non-hydrogen) atoms. The summed E-state index contributed by atoms with van der Waals surface area (Å²) in [6.07, 6.45) is 2.84. The molecule has 2 heterocycles. The summed E-state index contributed by atoms with van der Waals surface area (Å²) in [5.74, 6) is 0.610. The third-order valence-electron chi connectivity index (χ3n) is 3.77. The Bertz CT molecular complexity index is 494. The van der Waals surface area contributed by atoms with Crippen LogP contribution in [0.25, 0.3) is 0 Å². The SMILES string of the molecule is O=c1[nH]c(NCCN2CCOCC2)nc2c1CCC2. The van der Waals surface area contributed by atoms with Gasteiger partial charge in [0, 0.05) is 31.7 Å². The van der Waals surface area contributed by atoms with Gasteiger partial charge in [0.25, 0.3) is 5.56 Å². The van der Waals surface area contributed by atoms with Crippen molar-refractivity contribution in [3.05, 3.63) is 21.6 Å². The Kier molecular flexibility index (Phi) is 3.79. The lowest BCUT2D eigenvalue weighted by atomic mass is 10.3. The van der Waals surface area contributed by atoms with E-state index in [2.05, 4.69) is 20.2 Å². The molecule has 104 valence electrons. The maximum Gasteiger partial charge on any atom is 0.255 e. The second kappa shape index (κ2) is 5.71. The van der Waals surface area contributed by atoms with Gasteiger partial charge in [0.05, 0.1) is 18.9 Å². The highest BCUT2D eigenvalue weighted by molar-refractivity contribution is 5.32. The fraction of sp³-hybridized carbons (Fsp3) is 0.692. The van der Waals surface area contributed by atoms with Crippen LogP contribution in [-0.4, -0.2) is 54.3 Å². The summed E-state index contributed by atoms with van der Waals surface area (Å²) in [5.41, 5.74) is 1.87. The van der Waals surface area contributed by atoms with E-state index in [1.807, 2.05) is 0 Å². The van der Waals surface area contributed by atoms with Crippen LogP contribution in [0.3, 0.4) is 0 Å². The van der Waals surface area contributed by atoms with Crippen molar-refractivity contribution in [3.63, 3.8) is 0 Å². The van der Waals surface area contributed by atoms with Gasteiger partial charge in [0.15, 0.2) is 0 Å². The minimum atomic E-state index is 0.0244. The zero-order chi connectivity index (χ0) is 13.1. The zero-order valence-electron chi connectivity index (χ0n) is 11.1. The molecule has 6 nitrogen and oxygen atoms in total. The van der Waals surface area contributed by atoms with Crippen LogP contribution in [0.15, 0.2) is 4.79 Å². The predicted molar refractivity (Wildman–Crippen MR) is 72.6 cm³/mol. The van der Waals surface area contributed by atoms with Crippen LogP contribution in [0, 0.1) is 0 Å². The standard InChI is InChI=1S/C13H20N4O2/c18-12-10-2-1-3-11(10)15-13(16-12)14-4-5-17-6-8-19-9-7-17/h1-9H2,(H2,14,15,16,18). The van der Waals surface area contributed by atoms with E-state index in [-0.39, 0.29) is 5.56 Å². The second-order valence-corrected chi connectivity index (χ2v) is 5.07. The van der Waals surface area contributed by atoms with Crippen molar-refractivity contribution in [2.75, 3.05) is 44.7 Å². The molecule has 0 spiro atoms. The number of aromatic nitrogens is 2. The minimum absolute atomic E-state index is 0.0244. The molecule has 3 rings (SSSR count). The summed E-state index contributed by atoms with van der Waals surface area (Å²) in [4.78, 5) is 21.5. The van der Waals surface area contributed by atoms with E-state index in [4.69, 9.17) is 4.74 Å². The van der Waals surface area contributed by atoms with Crippen molar-refractivity contribution in [1.29, 1.82) is 0 Å². The predicted octanol–water partition coefficient (Wildman–Crippen LogP) is 0.00270. The van der Waals surface area contributed by atoms with Crippen LogP contribution in [-0.2, 0) is 17.6 Å². The molecule has 0 aromatic carbocycles. The maximum absolute atomic E-state index is 11.8. The molecule has 1 aliphatic carbocycles. The highest BCUT2D eigenvalue weighted by Crippen LogP contribution is 2.16. The van der Waals surface area contributed by atoms with E-state index in [1.165, 1.54) is 0 Å². The highest BCUT2D eigenvalue weighted by atomic mass is 16.5. The van der Waals surface area contributed by atoms with Crippen molar-refractivity contribution in [2.24, 2.45) is 0 Å². The summed E-state index contributed by atoms with van der Waals surface area (Å²) in [5, 5.41) is 3.21. The van der Waals surface area contributed by atoms with Crippen LogP contribution >= 0.6 is 0 Å². The van der Waals surface area contributed by atoms with Crippen LogP contribution in [0.4, 0.5) is 5.95 Å². The van der Waals surface area contributed by atoms with E-state index >= 15 is 0 Å². The quantitative estimate of drug-likeness (QED) is 0.801. The summed E-state index contributed by atoms with van der Waals surface area (Å²) in [7, 11) is 0. The van der Waals surface area contributed by atoms with Crippen molar-refractivity contribution < 1.29 is 4.74 Å². The minimum Gasteiger partial charge on any atom is -0.379 e.